The van der Waals surface area contributed by atoms with Gasteiger partial charge >= 0.3 is 5.97 Å². The molecule has 1 aliphatic carbocycles. The summed E-state index contributed by atoms with van der Waals surface area (Å²) in [5, 5.41) is 6.30. The van der Waals surface area contributed by atoms with Crippen molar-refractivity contribution in [2.75, 3.05) is 18.5 Å². The number of ether oxygens (including phenoxy) is 1. The van der Waals surface area contributed by atoms with Crippen LogP contribution in [0.4, 0.5) is 5.13 Å². The van der Waals surface area contributed by atoms with Crippen LogP contribution in [0.25, 0.3) is 0 Å². The Morgan fingerprint density at radius 3 is 2.90 bits per heavy atom. The lowest BCUT2D eigenvalue weighted by Gasteiger charge is -2.20. The van der Waals surface area contributed by atoms with Crippen LogP contribution in [0.3, 0.4) is 0 Å². The number of hydrogen-bond acceptors (Lipinski definition) is 5. The molecule has 1 N–H and O–H groups in total. The molecule has 0 aromatic carbocycles. The van der Waals surface area contributed by atoms with Gasteiger partial charge in [0.15, 0.2) is 5.13 Å². The minimum absolute atomic E-state index is 0.216. The van der Waals surface area contributed by atoms with Crippen LogP contribution in [0.1, 0.15) is 52.7 Å². The SMILES string of the molecule is CCOC(=O)C(C)(C)c1csc(NCC2CCCC2C)n1. The van der Waals surface area contributed by atoms with Crippen LogP contribution in [0, 0.1) is 11.8 Å². The second-order valence-electron chi connectivity index (χ2n) is 6.43. The van der Waals surface area contributed by atoms with Gasteiger partial charge in [-0.15, -0.1) is 11.3 Å². The minimum atomic E-state index is -0.687. The molecule has 1 heterocycles. The number of carbonyl (C=O) groups excluding carboxylic acids is 1. The van der Waals surface area contributed by atoms with Crippen molar-refractivity contribution >= 4 is 22.4 Å². The number of hydrogen-bond donors (Lipinski definition) is 1. The fraction of sp³-hybridized carbons (Fsp3) is 0.750. The molecule has 1 aromatic heterocycles. The van der Waals surface area contributed by atoms with Crippen molar-refractivity contribution in [3.63, 3.8) is 0 Å². The van der Waals surface area contributed by atoms with E-state index in [0.29, 0.717) is 6.61 Å². The second kappa shape index (κ2) is 6.77. The maximum Gasteiger partial charge on any atom is 0.317 e. The molecule has 0 bridgehead atoms. The Kier molecular flexibility index (Phi) is 5.25. The highest BCUT2D eigenvalue weighted by Gasteiger charge is 2.34. The van der Waals surface area contributed by atoms with E-state index >= 15 is 0 Å². The van der Waals surface area contributed by atoms with Gasteiger partial charge in [-0.2, -0.15) is 0 Å². The normalized spacial score (nSPS) is 22.3. The number of aromatic nitrogens is 1. The van der Waals surface area contributed by atoms with Crippen molar-refractivity contribution in [1.29, 1.82) is 0 Å². The number of esters is 1. The summed E-state index contributed by atoms with van der Waals surface area (Å²) in [6.45, 7) is 9.26. The van der Waals surface area contributed by atoms with Crippen LogP contribution in [0.2, 0.25) is 0 Å². The van der Waals surface area contributed by atoms with Crippen LogP contribution in [-0.4, -0.2) is 24.1 Å². The van der Waals surface area contributed by atoms with E-state index in [1.165, 1.54) is 19.3 Å². The number of nitrogens with one attached hydrogen (secondary N) is 1. The largest absolute Gasteiger partial charge is 0.465 e. The van der Waals surface area contributed by atoms with Gasteiger partial charge in [-0.25, -0.2) is 4.98 Å². The second-order valence-corrected chi connectivity index (χ2v) is 7.29. The van der Waals surface area contributed by atoms with Gasteiger partial charge in [-0.1, -0.05) is 19.8 Å². The van der Waals surface area contributed by atoms with E-state index in [-0.39, 0.29) is 5.97 Å². The fourth-order valence-electron chi connectivity index (χ4n) is 2.80. The summed E-state index contributed by atoms with van der Waals surface area (Å²) in [6, 6.07) is 0. The van der Waals surface area contributed by atoms with Crippen LogP contribution in [-0.2, 0) is 14.9 Å². The van der Waals surface area contributed by atoms with Crippen LogP contribution < -0.4 is 5.32 Å². The van der Waals surface area contributed by atoms with E-state index in [9.17, 15) is 4.79 Å². The van der Waals surface area contributed by atoms with Gasteiger partial charge in [-0.3, -0.25) is 4.79 Å². The standard InChI is InChI=1S/C16H26N2O2S/c1-5-20-14(19)16(3,4)13-10-21-15(18-13)17-9-12-8-6-7-11(12)2/h10-12H,5-9H2,1-4H3,(H,17,18). The lowest BCUT2D eigenvalue weighted by Crippen LogP contribution is -2.31. The van der Waals surface area contributed by atoms with E-state index in [0.717, 1.165) is 29.2 Å². The zero-order chi connectivity index (χ0) is 15.5. The number of rotatable bonds is 6. The molecule has 1 aromatic rings. The maximum absolute atomic E-state index is 12.0. The summed E-state index contributed by atoms with van der Waals surface area (Å²) in [5.41, 5.74) is 0.0977. The molecule has 0 saturated heterocycles. The molecule has 2 atom stereocenters. The lowest BCUT2D eigenvalue weighted by molar-refractivity contribution is -0.148. The van der Waals surface area contributed by atoms with Gasteiger partial charge in [0.1, 0.15) is 5.41 Å². The highest BCUT2D eigenvalue weighted by atomic mass is 32.1. The zero-order valence-corrected chi connectivity index (χ0v) is 14.3. The Balaban J connectivity index is 1.96. The van der Waals surface area contributed by atoms with Crippen molar-refractivity contribution in [3.05, 3.63) is 11.1 Å². The van der Waals surface area contributed by atoms with Crippen LogP contribution in [0.5, 0.6) is 0 Å². The molecule has 21 heavy (non-hydrogen) atoms. The molecular weight excluding hydrogens is 284 g/mol. The Labute approximate surface area is 131 Å². The predicted octanol–water partition coefficient (Wildman–Crippen LogP) is 3.83. The number of nitrogens with zero attached hydrogens (tertiary/aromatic N) is 1. The molecule has 118 valence electrons. The number of carbonyl (C=O) groups is 1. The Morgan fingerprint density at radius 1 is 1.52 bits per heavy atom. The Morgan fingerprint density at radius 2 is 2.29 bits per heavy atom. The number of anilines is 1. The molecule has 5 heteroatoms. The molecule has 2 unspecified atom stereocenters. The van der Waals surface area contributed by atoms with Gasteiger partial charge in [0.25, 0.3) is 0 Å². The minimum Gasteiger partial charge on any atom is -0.465 e. The average molecular weight is 310 g/mol. The monoisotopic (exact) mass is 310 g/mol. The molecule has 0 spiro atoms. The summed E-state index contributed by atoms with van der Waals surface area (Å²) in [6.07, 6.45) is 3.98. The van der Waals surface area contributed by atoms with Gasteiger partial charge in [0.05, 0.1) is 12.3 Å². The van der Waals surface area contributed by atoms with Crippen molar-refractivity contribution in [3.8, 4) is 0 Å². The first-order chi connectivity index (χ1) is 9.95. The molecule has 0 aliphatic heterocycles. The summed E-state index contributed by atoms with van der Waals surface area (Å²) in [7, 11) is 0. The highest BCUT2D eigenvalue weighted by Crippen LogP contribution is 2.32. The topological polar surface area (TPSA) is 51.2 Å². The summed E-state index contributed by atoms with van der Waals surface area (Å²) >= 11 is 1.57. The smallest absolute Gasteiger partial charge is 0.317 e. The quantitative estimate of drug-likeness (QED) is 0.811. The first-order valence-electron chi connectivity index (χ1n) is 7.82. The fourth-order valence-corrected chi connectivity index (χ4v) is 3.69. The Bertz CT molecular complexity index is 484. The first-order valence-corrected chi connectivity index (χ1v) is 8.70. The third-order valence-corrected chi connectivity index (χ3v) is 5.28. The van der Waals surface area contributed by atoms with E-state index in [1.807, 2.05) is 26.2 Å². The average Bonchev–Trinajstić information content (AvgIpc) is 3.06. The van der Waals surface area contributed by atoms with E-state index < -0.39 is 5.41 Å². The molecule has 1 fully saturated rings. The van der Waals surface area contributed by atoms with Gasteiger partial charge < -0.3 is 10.1 Å². The van der Waals surface area contributed by atoms with Gasteiger partial charge in [-0.05, 0) is 39.0 Å². The Hall–Kier alpha value is -1.10. The zero-order valence-electron chi connectivity index (χ0n) is 13.4. The molecule has 0 amide bonds. The highest BCUT2D eigenvalue weighted by molar-refractivity contribution is 7.13. The molecule has 4 nitrogen and oxygen atoms in total. The van der Waals surface area contributed by atoms with Gasteiger partial charge in [0, 0.05) is 11.9 Å². The summed E-state index contributed by atoms with van der Waals surface area (Å²) < 4.78 is 5.13. The summed E-state index contributed by atoms with van der Waals surface area (Å²) in [4.78, 5) is 16.6. The van der Waals surface area contributed by atoms with Crippen LogP contribution >= 0.6 is 11.3 Å². The van der Waals surface area contributed by atoms with E-state index in [2.05, 4.69) is 17.2 Å². The third-order valence-electron chi connectivity index (χ3n) is 4.48. The van der Waals surface area contributed by atoms with Gasteiger partial charge in [0.2, 0.25) is 0 Å². The van der Waals surface area contributed by atoms with E-state index in [1.54, 1.807) is 11.3 Å². The first kappa shape index (κ1) is 16.3. The number of thiazole rings is 1. The lowest BCUT2D eigenvalue weighted by atomic mass is 9.90. The molecule has 1 saturated carbocycles. The van der Waals surface area contributed by atoms with Crippen LogP contribution in [0.15, 0.2) is 5.38 Å². The van der Waals surface area contributed by atoms with E-state index in [4.69, 9.17) is 4.74 Å². The summed E-state index contributed by atoms with van der Waals surface area (Å²) in [5.74, 6) is 1.33. The predicted molar refractivity (Wildman–Crippen MR) is 86.8 cm³/mol. The molecule has 0 radical (unpaired) electrons. The van der Waals surface area contributed by atoms with Crippen molar-refractivity contribution in [1.82, 2.24) is 4.98 Å². The molecule has 1 aliphatic rings. The van der Waals surface area contributed by atoms with Crippen molar-refractivity contribution < 1.29 is 9.53 Å². The maximum atomic E-state index is 12.0. The molecular formula is C16H26N2O2S. The molecule has 2 rings (SSSR count). The third kappa shape index (κ3) is 3.76. The van der Waals surface area contributed by atoms with Crippen molar-refractivity contribution in [2.45, 2.75) is 52.4 Å². The van der Waals surface area contributed by atoms with Crippen molar-refractivity contribution in [2.24, 2.45) is 11.8 Å².